The molecule has 0 aromatic rings. The van der Waals surface area contributed by atoms with Crippen LogP contribution in [0.15, 0.2) is 0 Å². The molecule has 0 fully saturated rings. The standard InChI is InChI=1S/C9H19O2Si/c1-3-5-7-10-9(12)11-8-6-4-2/h9H,3-8H2,1-2H3. The normalized spacial score (nSPS) is 11.0. The molecular weight excluding hydrogens is 168 g/mol. The monoisotopic (exact) mass is 187 g/mol. The van der Waals surface area contributed by atoms with E-state index in [4.69, 9.17) is 9.47 Å². The lowest BCUT2D eigenvalue weighted by atomic mass is 10.4. The van der Waals surface area contributed by atoms with Crippen LogP contribution in [0.3, 0.4) is 0 Å². The molecule has 0 saturated heterocycles. The Balaban J connectivity index is 3.04. The van der Waals surface area contributed by atoms with Crippen molar-refractivity contribution in [3.63, 3.8) is 0 Å². The summed E-state index contributed by atoms with van der Waals surface area (Å²) in [5.74, 6) is -0.219. The lowest BCUT2D eigenvalue weighted by Crippen LogP contribution is -2.18. The van der Waals surface area contributed by atoms with Gasteiger partial charge in [0.05, 0.1) is 0 Å². The first-order valence-corrected chi connectivity index (χ1v) is 5.33. The zero-order chi connectivity index (χ0) is 9.23. The SMILES string of the molecule is CCCCOC([Si])OCCCC. The maximum absolute atomic E-state index is 5.32. The highest BCUT2D eigenvalue weighted by atomic mass is 28.1. The molecule has 0 N–H and O–H groups in total. The van der Waals surface area contributed by atoms with Crippen molar-refractivity contribution in [2.45, 2.75) is 45.4 Å². The average molecular weight is 187 g/mol. The number of unbranched alkanes of at least 4 members (excludes halogenated alkanes) is 2. The van der Waals surface area contributed by atoms with Crippen LogP contribution in [0, 0.1) is 0 Å². The fourth-order valence-corrected chi connectivity index (χ4v) is 0.953. The topological polar surface area (TPSA) is 18.5 Å². The molecule has 0 aliphatic rings. The summed E-state index contributed by atoms with van der Waals surface area (Å²) in [5, 5.41) is 0. The zero-order valence-electron chi connectivity index (χ0n) is 8.14. The van der Waals surface area contributed by atoms with Crippen molar-refractivity contribution in [2.75, 3.05) is 13.2 Å². The highest BCUT2D eigenvalue weighted by Gasteiger charge is 1.99. The van der Waals surface area contributed by atoms with Gasteiger partial charge in [0.2, 0.25) is 0 Å². The predicted molar refractivity (Wildman–Crippen MR) is 51.3 cm³/mol. The van der Waals surface area contributed by atoms with E-state index >= 15 is 0 Å². The van der Waals surface area contributed by atoms with Gasteiger partial charge < -0.3 is 9.47 Å². The molecular formula is C9H19O2Si. The first kappa shape index (κ1) is 12.1. The Morgan fingerprint density at radius 3 is 1.75 bits per heavy atom. The Morgan fingerprint density at radius 1 is 1.00 bits per heavy atom. The minimum absolute atomic E-state index is 0.219. The highest BCUT2D eigenvalue weighted by Crippen LogP contribution is 1.96. The van der Waals surface area contributed by atoms with Gasteiger partial charge in [-0.05, 0) is 12.8 Å². The molecule has 3 radical (unpaired) electrons. The quantitative estimate of drug-likeness (QED) is 0.329. The first-order chi connectivity index (χ1) is 5.81. The van der Waals surface area contributed by atoms with Crippen LogP contribution >= 0.6 is 0 Å². The Morgan fingerprint density at radius 2 is 1.42 bits per heavy atom. The molecule has 71 valence electrons. The van der Waals surface area contributed by atoms with Crippen molar-refractivity contribution >= 4 is 10.2 Å². The van der Waals surface area contributed by atoms with Gasteiger partial charge in [0.15, 0.2) is 0 Å². The number of hydrogen-bond acceptors (Lipinski definition) is 2. The first-order valence-electron chi connectivity index (χ1n) is 4.75. The summed E-state index contributed by atoms with van der Waals surface area (Å²) in [6, 6.07) is 0. The predicted octanol–water partition coefficient (Wildman–Crippen LogP) is 2.07. The summed E-state index contributed by atoms with van der Waals surface area (Å²) < 4.78 is 10.6. The minimum atomic E-state index is -0.219. The summed E-state index contributed by atoms with van der Waals surface area (Å²) >= 11 is 0. The lowest BCUT2D eigenvalue weighted by molar-refractivity contribution is -0.0895. The van der Waals surface area contributed by atoms with Crippen LogP contribution in [-0.2, 0) is 9.47 Å². The summed E-state index contributed by atoms with van der Waals surface area (Å²) in [6.45, 7) is 5.83. The average Bonchev–Trinajstić information content (AvgIpc) is 2.06. The van der Waals surface area contributed by atoms with Gasteiger partial charge in [-0.2, -0.15) is 0 Å². The van der Waals surface area contributed by atoms with Crippen LogP contribution in [0.4, 0.5) is 0 Å². The van der Waals surface area contributed by atoms with E-state index in [1.54, 1.807) is 0 Å². The zero-order valence-corrected chi connectivity index (χ0v) is 9.14. The van der Waals surface area contributed by atoms with E-state index in [-0.39, 0.29) is 5.91 Å². The van der Waals surface area contributed by atoms with Gasteiger partial charge in [-0.25, -0.2) is 0 Å². The van der Waals surface area contributed by atoms with Crippen LogP contribution < -0.4 is 0 Å². The van der Waals surface area contributed by atoms with E-state index in [0.717, 1.165) is 38.9 Å². The second-order valence-electron chi connectivity index (χ2n) is 2.78. The van der Waals surface area contributed by atoms with E-state index in [1.165, 1.54) is 0 Å². The van der Waals surface area contributed by atoms with Gasteiger partial charge >= 0.3 is 0 Å². The maximum Gasteiger partial charge on any atom is 0.134 e. The molecule has 0 aromatic carbocycles. The van der Waals surface area contributed by atoms with Crippen LogP contribution in [0.1, 0.15) is 39.5 Å². The Bertz CT molecular complexity index is 78.6. The van der Waals surface area contributed by atoms with Crippen molar-refractivity contribution in [3.8, 4) is 0 Å². The van der Waals surface area contributed by atoms with E-state index < -0.39 is 0 Å². The molecule has 12 heavy (non-hydrogen) atoms. The van der Waals surface area contributed by atoms with Crippen molar-refractivity contribution in [3.05, 3.63) is 0 Å². The minimum Gasteiger partial charge on any atom is -0.357 e. The summed E-state index contributed by atoms with van der Waals surface area (Å²) in [4.78, 5) is 0. The van der Waals surface area contributed by atoms with Gasteiger partial charge in [-0.1, -0.05) is 26.7 Å². The molecule has 0 spiro atoms. The molecule has 0 bridgehead atoms. The van der Waals surface area contributed by atoms with E-state index in [0.29, 0.717) is 0 Å². The van der Waals surface area contributed by atoms with Gasteiger partial charge in [-0.15, -0.1) is 0 Å². The Labute approximate surface area is 79.1 Å². The molecule has 2 nitrogen and oxygen atoms in total. The molecule has 0 atom stereocenters. The molecule has 0 saturated carbocycles. The maximum atomic E-state index is 5.32. The van der Waals surface area contributed by atoms with E-state index in [9.17, 15) is 0 Å². The Kier molecular flexibility index (Phi) is 9.33. The second-order valence-corrected chi connectivity index (χ2v) is 3.25. The number of ether oxygens (including phenoxy) is 2. The summed E-state index contributed by atoms with van der Waals surface area (Å²) in [6.07, 6.45) is 4.51. The second kappa shape index (κ2) is 9.23. The van der Waals surface area contributed by atoms with Crippen molar-refractivity contribution < 1.29 is 9.47 Å². The van der Waals surface area contributed by atoms with Crippen molar-refractivity contribution in [1.82, 2.24) is 0 Å². The molecule has 0 aliphatic carbocycles. The third kappa shape index (κ3) is 8.24. The third-order valence-electron chi connectivity index (χ3n) is 1.53. The largest absolute Gasteiger partial charge is 0.357 e. The van der Waals surface area contributed by atoms with Gasteiger partial charge in [0.1, 0.15) is 16.2 Å². The van der Waals surface area contributed by atoms with Crippen LogP contribution in [0.25, 0.3) is 0 Å². The number of hydrogen-bond donors (Lipinski definition) is 0. The van der Waals surface area contributed by atoms with E-state index in [2.05, 4.69) is 24.1 Å². The fourth-order valence-electron chi connectivity index (χ4n) is 0.718. The molecule has 0 aliphatic heterocycles. The van der Waals surface area contributed by atoms with Gasteiger partial charge in [0, 0.05) is 13.2 Å². The fraction of sp³-hybridized carbons (Fsp3) is 1.00. The number of rotatable bonds is 8. The molecule has 3 heteroatoms. The molecule has 0 aromatic heterocycles. The van der Waals surface area contributed by atoms with Crippen LogP contribution in [-0.4, -0.2) is 29.4 Å². The van der Waals surface area contributed by atoms with Crippen molar-refractivity contribution in [2.24, 2.45) is 0 Å². The van der Waals surface area contributed by atoms with Crippen LogP contribution in [0.5, 0.6) is 0 Å². The van der Waals surface area contributed by atoms with Crippen LogP contribution in [0.2, 0.25) is 0 Å². The lowest BCUT2D eigenvalue weighted by Gasteiger charge is -2.13. The highest BCUT2D eigenvalue weighted by molar-refractivity contribution is 6.10. The van der Waals surface area contributed by atoms with Gasteiger partial charge in [-0.3, -0.25) is 0 Å². The summed E-state index contributed by atoms with van der Waals surface area (Å²) in [7, 11) is 3.34. The Hall–Kier alpha value is 0.137. The molecule has 0 heterocycles. The summed E-state index contributed by atoms with van der Waals surface area (Å²) in [5.41, 5.74) is 0. The third-order valence-corrected chi connectivity index (χ3v) is 1.87. The van der Waals surface area contributed by atoms with E-state index in [1.807, 2.05) is 0 Å². The molecule has 0 rings (SSSR count). The van der Waals surface area contributed by atoms with Gasteiger partial charge in [0.25, 0.3) is 0 Å². The van der Waals surface area contributed by atoms with Crippen molar-refractivity contribution in [1.29, 1.82) is 0 Å². The molecule has 0 amide bonds. The smallest absolute Gasteiger partial charge is 0.134 e. The molecule has 0 unspecified atom stereocenters.